The predicted octanol–water partition coefficient (Wildman–Crippen LogP) is 0.00850. The van der Waals surface area contributed by atoms with Crippen LogP contribution in [0.1, 0.15) is 0 Å². The van der Waals surface area contributed by atoms with Crippen LogP contribution in [-0.2, 0) is 0 Å². The summed E-state index contributed by atoms with van der Waals surface area (Å²) in [5.41, 5.74) is 8.94. The molecule has 0 fully saturated rings. The monoisotopic (exact) mass is 144 g/mol. The van der Waals surface area contributed by atoms with E-state index in [2.05, 4.69) is 11.1 Å². The van der Waals surface area contributed by atoms with Crippen molar-refractivity contribution >= 4 is 29.9 Å². The number of fused-ring (bicyclic) bond motifs is 1. The third-order valence-electron chi connectivity index (χ3n) is 1.85. The Balaban J connectivity index is 2.91. The maximum absolute atomic E-state index is 5.78. The highest BCUT2D eigenvalue weighted by molar-refractivity contribution is 6.33. The molecule has 1 aromatic carbocycles. The number of hydrogen-bond donors (Lipinski definition) is 2. The van der Waals surface area contributed by atoms with Gasteiger partial charge in [0, 0.05) is 22.8 Å². The van der Waals surface area contributed by atoms with Gasteiger partial charge in [0.25, 0.3) is 0 Å². The Hall–Kier alpha value is -1.38. The fraction of sp³-hybridized carbons (Fsp3) is 0. The van der Waals surface area contributed by atoms with Crippen LogP contribution in [-0.4, -0.2) is 12.8 Å². The summed E-state index contributed by atoms with van der Waals surface area (Å²) in [6.07, 6.45) is 1.90. The first-order valence-electron chi connectivity index (χ1n) is 3.60. The fourth-order valence-electron chi connectivity index (χ4n) is 1.35. The van der Waals surface area contributed by atoms with Crippen LogP contribution in [0.5, 0.6) is 0 Å². The molecule has 0 aliphatic carbocycles. The van der Waals surface area contributed by atoms with E-state index < -0.39 is 0 Å². The van der Waals surface area contributed by atoms with Gasteiger partial charge in [0.1, 0.15) is 7.85 Å². The molecule has 0 spiro atoms. The third-order valence-corrected chi connectivity index (χ3v) is 1.85. The lowest BCUT2D eigenvalue weighted by molar-refractivity contribution is 1.48. The second-order valence-electron chi connectivity index (χ2n) is 2.79. The van der Waals surface area contributed by atoms with Crippen LogP contribution in [0.4, 0.5) is 5.69 Å². The van der Waals surface area contributed by atoms with E-state index in [0.29, 0.717) is 0 Å². The number of H-pyrrole nitrogens is 1. The summed E-state index contributed by atoms with van der Waals surface area (Å²) in [4.78, 5) is 3.12. The lowest BCUT2D eigenvalue weighted by atomic mass is 9.94. The van der Waals surface area contributed by atoms with Crippen molar-refractivity contribution in [3.63, 3.8) is 0 Å². The third kappa shape index (κ3) is 0.890. The number of aromatic nitrogens is 1. The van der Waals surface area contributed by atoms with Gasteiger partial charge in [-0.15, -0.1) is 0 Å². The number of nitrogens with one attached hydrogen (secondary N) is 1. The van der Waals surface area contributed by atoms with Crippen LogP contribution < -0.4 is 11.2 Å². The Labute approximate surface area is 65.8 Å². The van der Waals surface area contributed by atoms with Gasteiger partial charge in [-0.2, -0.15) is 0 Å². The van der Waals surface area contributed by atoms with Gasteiger partial charge >= 0.3 is 0 Å². The summed E-state index contributed by atoms with van der Waals surface area (Å²) in [6, 6.07) is 6.06. The van der Waals surface area contributed by atoms with Gasteiger partial charge in [-0.1, -0.05) is 5.46 Å². The average molecular weight is 144 g/mol. The topological polar surface area (TPSA) is 41.8 Å². The van der Waals surface area contributed by atoms with E-state index in [1.807, 2.05) is 26.2 Å². The number of hydrogen-bond acceptors (Lipinski definition) is 1. The summed E-state index contributed by atoms with van der Waals surface area (Å²) in [5, 5.41) is 1.11. The highest BCUT2D eigenvalue weighted by atomic mass is 14.7. The summed E-state index contributed by atoms with van der Waals surface area (Å²) in [5.74, 6) is 0. The highest BCUT2D eigenvalue weighted by Crippen LogP contribution is 2.16. The molecule has 0 unspecified atom stereocenters. The zero-order chi connectivity index (χ0) is 7.84. The second-order valence-corrected chi connectivity index (χ2v) is 2.79. The number of nitrogens with two attached hydrogens (primary N) is 1. The Morgan fingerprint density at radius 3 is 3.00 bits per heavy atom. The van der Waals surface area contributed by atoms with Crippen molar-refractivity contribution in [2.45, 2.75) is 0 Å². The zero-order valence-corrected chi connectivity index (χ0v) is 6.39. The Morgan fingerprint density at radius 1 is 1.36 bits per heavy atom. The fourth-order valence-corrected chi connectivity index (χ4v) is 1.35. The standard InChI is InChI=1S/C8H9BN2/c9-5-3-7(10)6-1-2-11-8(6)4-5/h1-4,11H,9-10H2. The summed E-state index contributed by atoms with van der Waals surface area (Å²) in [7, 11) is 2.04. The van der Waals surface area contributed by atoms with Crippen molar-refractivity contribution in [3.8, 4) is 0 Å². The van der Waals surface area contributed by atoms with Gasteiger partial charge < -0.3 is 10.7 Å². The van der Waals surface area contributed by atoms with Crippen molar-refractivity contribution in [2.24, 2.45) is 0 Å². The van der Waals surface area contributed by atoms with Gasteiger partial charge in [0.15, 0.2) is 0 Å². The largest absolute Gasteiger partial charge is 0.398 e. The van der Waals surface area contributed by atoms with E-state index in [9.17, 15) is 0 Å². The molecule has 0 atom stereocenters. The summed E-state index contributed by atoms with van der Waals surface area (Å²) < 4.78 is 0. The van der Waals surface area contributed by atoms with Gasteiger partial charge in [-0.05, 0) is 18.2 Å². The van der Waals surface area contributed by atoms with Gasteiger partial charge in [0.2, 0.25) is 0 Å². The first-order chi connectivity index (χ1) is 5.27. The minimum Gasteiger partial charge on any atom is -0.398 e. The van der Waals surface area contributed by atoms with Crippen molar-refractivity contribution < 1.29 is 0 Å². The van der Waals surface area contributed by atoms with Crippen molar-refractivity contribution in [3.05, 3.63) is 24.4 Å². The van der Waals surface area contributed by atoms with Crippen molar-refractivity contribution in [1.29, 1.82) is 0 Å². The average Bonchev–Trinajstić information content (AvgIpc) is 2.34. The van der Waals surface area contributed by atoms with E-state index in [1.165, 1.54) is 5.46 Å². The molecular formula is C8H9BN2. The zero-order valence-electron chi connectivity index (χ0n) is 6.39. The first kappa shape index (κ1) is 6.34. The molecule has 0 saturated carbocycles. The molecule has 2 aromatic rings. The van der Waals surface area contributed by atoms with E-state index in [4.69, 9.17) is 5.73 Å². The molecule has 1 aromatic heterocycles. The molecule has 0 bridgehead atoms. The lowest BCUT2D eigenvalue weighted by Crippen LogP contribution is -2.03. The van der Waals surface area contributed by atoms with Crippen LogP contribution in [0.2, 0.25) is 0 Å². The second kappa shape index (κ2) is 2.05. The SMILES string of the molecule is Bc1cc(N)c2cc[nH]c2c1. The highest BCUT2D eigenvalue weighted by Gasteiger charge is 1.97. The lowest BCUT2D eigenvalue weighted by Gasteiger charge is -1.97. The van der Waals surface area contributed by atoms with Gasteiger partial charge in [-0.3, -0.25) is 0 Å². The van der Waals surface area contributed by atoms with Crippen molar-refractivity contribution in [2.75, 3.05) is 5.73 Å². The van der Waals surface area contributed by atoms with E-state index in [1.54, 1.807) is 0 Å². The van der Waals surface area contributed by atoms with Crippen LogP contribution in [0.3, 0.4) is 0 Å². The number of nitrogen functional groups attached to an aromatic ring is 1. The summed E-state index contributed by atoms with van der Waals surface area (Å²) in [6.45, 7) is 0. The normalized spacial score (nSPS) is 10.5. The molecule has 3 heteroatoms. The van der Waals surface area contributed by atoms with E-state index >= 15 is 0 Å². The molecule has 2 rings (SSSR count). The Kier molecular flexibility index (Phi) is 1.18. The Morgan fingerprint density at radius 2 is 2.18 bits per heavy atom. The van der Waals surface area contributed by atoms with E-state index in [0.717, 1.165) is 16.6 Å². The molecule has 0 saturated heterocycles. The predicted molar refractivity (Wildman–Crippen MR) is 50.9 cm³/mol. The molecule has 0 aliphatic heterocycles. The maximum atomic E-state index is 5.78. The first-order valence-corrected chi connectivity index (χ1v) is 3.60. The smallest absolute Gasteiger partial charge is 0.139 e. The molecule has 2 nitrogen and oxygen atoms in total. The summed E-state index contributed by atoms with van der Waals surface area (Å²) >= 11 is 0. The van der Waals surface area contributed by atoms with Crippen molar-refractivity contribution in [1.82, 2.24) is 4.98 Å². The number of aromatic amines is 1. The quantitative estimate of drug-likeness (QED) is 0.396. The molecule has 0 radical (unpaired) electrons. The van der Waals surface area contributed by atoms with Crippen LogP contribution in [0.25, 0.3) is 10.9 Å². The maximum Gasteiger partial charge on any atom is 0.139 e. The number of anilines is 1. The minimum atomic E-state index is 0.848. The molecule has 11 heavy (non-hydrogen) atoms. The molecule has 54 valence electrons. The molecular weight excluding hydrogens is 135 g/mol. The number of rotatable bonds is 0. The van der Waals surface area contributed by atoms with Crippen LogP contribution >= 0.6 is 0 Å². The molecule has 0 amide bonds. The minimum absolute atomic E-state index is 0.848. The number of benzene rings is 1. The Bertz CT molecular complexity index is 392. The van der Waals surface area contributed by atoms with Crippen LogP contribution in [0.15, 0.2) is 24.4 Å². The molecule has 0 aliphatic rings. The van der Waals surface area contributed by atoms with Gasteiger partial charge in [-0.25, -0.2) is 0 Å². The van der Waals surface area contributed by atoms with Gasteiger partial charge in [0.05, 0.1) is 0 Å². The van der Waals surface area contributed by atoms with E-state index in [-0.39, 0.29) is 0 Å². The molecule has 1 heterocycles. The van der Waals surface area contributed by atoms with Crippen LogP contribution in [0, 0.1) is 0 Å². The molecule has 3 N–H and O–H groups in total.